The van der Waals surface area contributed by atoms with Crippen LogP contribution in [0.3, 0.4) is 0 Å². The molecule has 2 N–H and O–H groups in total. The molecule has 0 aliphatic carbocycles. The van der Waals surface area contributed by atoms with Crippen molar-refractivity contribution < 1.29 is 0 Å². The van der Waals surface area contributed by atoms with Crippen LogP contribution in [0.5, 0.6) is 0 Å². The van der Waals surface area contributed by atoms with Crippen molar-refractivity contribution in [3.8, 4) is 0 Å². The summed E-state index contributed by atoms with van der Waals surface area (Å²) in [6, 6.07) is 0. The summed E-state index contributed by atoms with van der Waals surface area (Å²) in [5, 5.41) is 0. The summed E-state index contributed by atoms with van der Waals surface area (Å²) in [5.74, 6) is 0.454. The molecule has 8 heavy (non-hydrogen) atoms. The monoisotopic (exact) mass is 127 g/mol. The van der Waals surface area contributed by atoms with Crippen molar-refractivity contribution in [1.29, 1.82) is 0 Å². The molecule has 1 heterocycles. The van der Waals surface area contributed by atoms with Crippen LogP contribution in [-0.2, 0) is 0 Å². The number of aliphatic imine (C=N–C) groups is 1. The molecule has 2 atom stereocenters. The Bertz CT molecular complexity index is 157. The molecule has 0 saturated heterocycles. The van der Waals surface area contributed by atoms with E-state index in [9.17, 15) is 0 Å². The van der Waals surface area contributed by atoms with Crippen molar-refractivity contribution in [3.63, 3.8) is 0 Å². The third-order valence-electron chi connectivity index (χ3n) is 0.945. The predicted molar refractivity (Wildman–Crippen MR) is 35.2 cm³/mol. The van der Waals surface area contributed by atoms with Gasteiger partial charge in [-0.3, -0.25) is 0 Å². The Morgan fingerprint density at radius 2 is 2.75 bits per heavy atom. The molecule has 0 saturated carbocycles. The van der Waals surface area contributed by atoms with E-state index in [1.807, 2.05) is 0 Å². The third kappa shape index (κ3) is 0.861. The average molecular weight is 127 g/mol. The highest BCUT2D eigenvalue weighted by Gasteiger charge is 2.17. The van der Waals surface area contributed by atoms with E-state index in [-0.39, 0.29) is 5.78 Å². The molecule has 0 bridgehead atoms. The first-order valence-electron chi connectivity index (χ1n) is 2.25. The lowest BCUT2D eigenvalue weighted by Gasteiger charge is -1.94. The summed E-state index contributed by atoms with van der Waals surface area (Å²) in [7, 11) is 0.630. The number of amidine groups is 1. The van der Waals surface area contributed by atoms with Crippen molar-refractivity contribution in [2.45, 2.75) is 5.78 Å². The van der Waals surface area contributed by atoms with Gasteiger partial charge in [0.1, 0.15) is 6.29 Å². The number of nitrogens with zero attached hydrogens (tertiary/aromatic N) is 2. The topological polar surface area (TPSA) is 42.7 Å². The second-order valence-corrected chi connectivity index (χ2v) is 2.81. The Morgan fingerprint density at radius 3 is 3.00 bits per heavy atom. The molecule has 0 amide bonds. The molecule has 1 aliphatic heterocycles. The van der Waals surface area contributed by atoms with Gasteiger partial charge in [-0.2, -0.15) is 4.99 Å². The van der Waals surface area contributed by atoms with Gasteiger partial charge in [0.2, 0.25) is 0 Å². The smallest absolute Gasteiger partial charge is 0.261 e. The minimum absolute atomic E-state index is 0.0486. The number of rotatable bonds is 0. The average Bonchev–Trinajstić information content (AvgIpc) is 2.14. The van der Waals surface area contributed by atoms with Gasteiger partial charge in [0.25, 0.3) is 5.84 Å². The van der Waals surface area contributed by atoms with E-state index >= 15 is 0 Å². The summed E-state index contributed by atoms with van der Waals surface area (Å²) >= 11 is 0. The highest BCUT2D eigenvalue weighted by Crippen LogP contribution is 2.22. The first-order chi connectivity index (χ1) is 3.84. The van der Waals surface area contributed by atoms with Crippen molar-refractivity contribution in [1.82, 2.24) is 0 Å². The SMILES string of the molecule is [C-]#[N+]C1=NCPC1N. The lowest BCUT2D eigenvalue weighted by molar-refractivity contribution is 1.23. The Kier molecular flexibility index (Phi) is 1.57. The van der Waals surface area contributed by atoms with Crippen LogP contribution in [0.1, 0.15) is 0 Å². The highest BCUT2D eigenvalue weighted by molar-refractivity contribution is 7.40. The van der Waals surface area contributed by atoms with Crippen molar-refractivity contribution >= 4 is 14.4 Å². The number of hydrogen-bond donors (Lipinski definition) is 1. The Hall–Kier alpha value is -0.450. The zero-order valence-corrected chi connectivity index (χ0v) is 5.26. The summed E-state index contributed by atoms with van der Waals surface area (Å²) in [4.78, 5) is 7.04. The van der Waals surface area contributed by atoms with Gasteiger partial charge >= 0.3 is 0 Å². The second kappa shape index (κ2) is 2.21. The van der Waals surface area contributed by atoms with Gasteiger partial charge in [0, 0.05) is 0 Å². The Balaban J connectivity index is 2.66. The van der Waals surface area contributed by atoms with Gasteiger partial charge in [0.15, 0.2) is 0 Å². The lowest BCUT2D eigenvalue weighted by Crippen LogP contribution is -2.19. The molecule has 3 nitrogen and oxygen atoms in total. The van der Waals surface area contributed by atoms with Gasteiger partial charge in [-0.15, -0.1) is 0 Å². The van der Waals surface area contributed by atoms with Crippen LogP contribution in [-0.4, -0.2) is 17.9 Å². The number of nitrogens with two attached hydrogens (primary N) is 1. The maximum Gasteiger partial charge on any atom is 0.261 e. The molecule has 2 unspecified atom stereocenters. The van der Waals surface area contributed by atoms with Gasteiger partial charge in [-0.25, -0.2) is 0 Å². The minimum Gasteiger partial charge on any atom is -0.363 e. The maximum absolute atomic E-state index is 6.55. The quantitative estimate of drug-likeness (QED) is 0.367. The molecular formula is C4H6N3P. The fourth-order valence-corrected chi connectivity index (χ4v) is 1.31. The molecule has 1 rings (SSSR count). The normalized spacial score (nSPS) is 30.0. The number of hydrogen-bond acceptors (Lipinski definition) is 2. The van der Waals surface area contributed by atoms with E-state index < -0.39 is 0 Å². The molecule has 0 aromatic heterocycles. The fourth-order valence-electron chi connectivity index (χ4n) is 0.520. The van der Waals surface area contributed by atoms with E-state index in [1.54, 1.807) is 0 Å². The van der Waals surface area contributed by atoms with Crippen LogP contribution >= 0.6 is 8.58 Å². The van der Waals surface area contributed by atoms with E-state index in [0.717, 1.165) is 6.29 Å². The van der Waals surface area contributed by atoms with Crippen molar-refractivity contribution in [2.24, 2.45) is 10.7 Å². The molecule has 42 valence electrons. The first kappa shape index (κ1) is 5.68. The molecule has 0 fully saturated rings. The highest BCUT2D eigenvalue weighted by atomic mass is 31.1. The lowest BCUT2D eigenvalue weighted by atomic mass is 10.6. The summed E-state index contributed by atoms with van der Waals surface area (Å²) in [6.45, 7) is 6.55. The van der Waals surface area contributed by atoms with Crippen LogP contribution in [0.2, 0.25) is 0 Å². The van der Waals surface area contributed by atoms with Crippen molar-refractivity contribution in [3.05, 3.63) is 11.4 Å². The van der Waals surface area contributed by atoms with Gasteiger partial charge in [0.05, 0.1) is 5.78 Å². The van der Waals surface area contributed by atoms with Crippen LogP contribution in [0.25, 0.3) is 4.85 Å². The maximum atomic E-state index is 6.55. The van der Waals surface area contributed by atoms with Gasteiger partial charge in [-0.1, -0.05) is 15.2 Å². The molecule has 0 aromatic carbocycles. The summed E-state index contributed by atoms with van der Waals surface area (Å²) < 4.78 is 0. The van der Waals surface area contributed by atoms with E-state index in [1.165, 1.54) is 0 Å². The van der Waals surface area contributed by atoms with E-state index in [2.05, 4.69) is 9.84 Å². The van der Waals surface area contributed by atoms with Gasteiger partial charge in [-0.05, 0) is 0 Å². The van der Waals surface area contributed by atoms with E-state index in [0.29, 0.717) is 14.4 Å². The summed E-state index contributed by atoms with van der Waals surface area (Å²) in [6.07, 6.45) is 0.763. The Morgan fingerprint density at radius 1 is 2.00 bits per heavy atom. The minimum atomic E-state index is -0.0486. The van der Waals surface area contributed by atoms with E-state index in [4.69, 9.17) is 12.3 Å². The Labute approximate surface area is 49.6 Å². The first-order valence-corrected chi connectivity index (χ1v) is 3.54. The van der Waals surface area contributed by atoms with Gasteiger partial charge < -0.3 is 10.6 Å². The molecule has 0 radical (unpaired) electrons. The molecule has 0 spiro atoms. The zero-order valence-electron chi connectivity index (χ0n) is 4.26. The van der Waals surface area contributed by atoms with Crippen LogP contribution < -0.4 is 5.73 Å². The van der Waals surface area contributed by atoms with Crippen LogP contribution in [0.4, 0.5) is 0 Å². The standard InChI is InChI=1S/C4H6N3P/c1-6-4-3(5)8-2-7-4/h3,8H,2,5H2. The molecular weight excluding hydrogens is 121 g/mol. The second-order valence-electron chi connectivity index (χ2n) is 1.47. The van der Waals surface area contributed by atoms with Crippen LogP contribution in [0.15, 0.2) is 4.99 Å². The predicted octanol–water partition coefficient (Wildman–Crippen LogP) is 0.239. The van der Waals surface area contributed by atoms with Crippen molar-refractivity contribution in [2.75, 3.05) is 6.29 Å². The summed E-state index contributed by atoms with van der Waals surface area (Å²) in [5.41, 5.74) is 5.46. The zero-order chi connectivity index (χ0) is 5.98. The third-order valence-corrected chi connectivity index (χ3v) is 1.98. The van der Waals surface area contributed by atoms with Crippen LogP contribution in [0, 0.1) is 6.57 Å². The molecule has 1 aliphatic rings. The molecule has 4 heteroatoms. The largest absolute Gasteiger partial charge is 0.363 e. The molecule has 0 aromatic rings. The fraction of sp³-hybridized carbons (Fsp3) is 0.500.